The van der Waals surface area contributed by atoms with E-state index in [0.717, 1.165) is 12.8 Å². The minimum Gasteiger partial charge on any atom is -0.410 e. The van der Waals surface area contributed by atoms with Crippen LogP contribution < -0.4 is 15.8 Å². The van der Waals surface area contributed by atoms with Crippen molar-refractivity contribution in [3.8, 4) is 5.75 Å². The van der Waals surface area contributed by atoms with Gasteiger partial charge in [0.1, 0.15) is 5.75 Å². The highest BCUT2D eigenvalue weighted by Crippen LogP contribution is 2.19. The van der Waals surface area contributed by atoms with Gasteiger partial charge in [0.05, 0.1) is 0 Å². The number of ether oxygens (including phenoxy) is 1. The van der Waals surface area contributed by atoms with Crippen LogP contribution in [0.2, 0.25) is 0 Å². The predicted octanol–water partition coefficient (Wildman–Crippen LogP) is 1.52. The molecule has 0 spiro atoms. The van der Waals surface area contributed by atoms with Crippen LogP contribution in [0.5, 0.6) is 5.75 Å². The van der Waals surface area contributed by atoms with Crippen LogP contribution in [0, 0.1) is 0 Å². The molecule has 4 heteroatoms. The summed E-state index contributed by atoms with van der Waals surface area (Å²) in [7, 11) is 0. The summed E-state index contributed by atoms with van der Waals surface area (Å²) in [5, 5.41) is 2.72. The molecule has 0 unspecified atom stereocenters. The number of hydrogen-bond donors (Lipinski definition) is 2. The Bertz CT molecular complexity index is 330. The highest BCUT2D eigenvalue weighted by Gasteiger charge is 2.23. The lowest BCUT2D eigenvalue weighted by Gasteiger charge is -2.04. The molecule has 1 amide bonds. The molecule has 74 valence electrons. The van der Waals surface area contributed by atoms with E-state index in [1.165, 1.54) is 0 Å². The van der Waals surface area contributed by atoms with Crippen LogP contribution in [-0.4, -0.2) is 12.1 Å². The molecule has 0 saturated heterocycles. The van der Waals surface area contributed by atoms with E-state index in [4.69, 9.17) is 10.5 Å². The van der Waals surface area contributed by atoms with Crippen LogP contribution in [0.25, 0.3) is 0 Å². The molecular formula is C10H12N2O2. The molecule has 2 rings (SSSR count). The van der Waals surface area contributed by atoms with Crippen molar-refractivity contribution in [2.24, 2.45) is 0 Å². The quantitative estimate of drug-likeness (QED) is 0.698. The molecule has 14 heavy (non-hydrogen) atoms. The molecule has 1 aliphatic carbocycles. The second kappa shape index (κ2) is 3.57. The zero-order valence-electron chi connectivity index (χ0n) is 7.69. The van der Waals surface area contributed by atoms with Crippen LogP contribution in [0.15, 0.2) is 24.3 Å². The fraction of sp³-hybridized carbons (Fsp3) is 0.300. The van der Waals surface area contributed by atoms with Crippen LogP contribution in [0.3, 0.4) is 0 Å². The number of anilines is 1. The summed E-state index contributed by atoms with van der Waals surface area (Å²) in [4.78, 5) is 11.2. The Kier molecular flexibility index (Phi) is 2.26. The summed E-state index contributed by atoms with van der Waals surface area (Å²) in [6.07, 6.45) is 1.71. The minimum atomic E-state index is -0.391. The normalized spacial score (nSPS) is 14.9. The van der Waals surface area contributed by atoms with Gasteiger partial charge in [0.25, 0.3) is 0 Å². The molecule has 0 radical (unpaired) electrons. The van der Waals surface area contributed by atoms with E-state index in [1.807, 2.05) is 0 Å². The Morgan fingerprint density at radius 3 is 2.57 bits per heavy atom. The lowest BCUT2D eigenvalue weighted by molar-refractivity contribution is 0.200. The van der Waals surface area contributed by atoms with Gasteiger partial charge < -0.3 is 15.8 Å². The van der Waals surface area contributed by atoms with Gasteiger partial charge >= 0.3 is 6.09 Å². The lowest BCUT2D eigenvalue weighted by Crippen LogP contribution is -2.28. The third-order valence-electron chi connectivity index (χ3n) is 1.99. The first-order chi connectivity index (χ1) is 6.74. The standard InChI is InChI=1S/C10H12N2O2/c11-7-1-5-9(6-2-7)14-10(13)12-8-3-4-8/h1-2,5-6,8H,3-4,11H2,(H,12,13). The number of carbonyl (C=O) groups excluding carboxylic acids is 1. The van der Waals surface area contributed by atoms with Crippen LogP contribution in [0.1, 0.15) is 12.8 Å². The fourth-order valence-electron chi connectivity index (χ4n) is 1.07. The van der Waals surface area contributed by atoms with Crippen LogP contribution >= 0.6 is 0 Å². The van der Waals surface area contributed by atoms with Gasteiger partial charge in [-0.05, 0) is 37.1 Å². The molecule has 3 N–H and O–H groups in total. The number of benzene rings is 1. The van der Waals surface area contributed by atoms with Crippen LogP contribution in [0.4, 0.5) is 10.5 Å². The third-order valence-corrected chi connectivity index (χ3v) is 1.99. The van der Waals surface area contributed by atoms with E-state index in [-0.39, 0.29) is 0 Å². The summed E-state index contributed by atoms with van der Waals surface area (Å²) < 4.78 is 5.01. The van der Waals surface area contributed by atoms with Crippen LogP contribution in [-0.2, 0) is 0 Å². The second-order valence-corrected chi connectivity index (χ2v) is 3.38. The van der Waals surface area contributed by atoms with E-state index in [9.17, 15) is 4.79 Å². The lowest BCUT2D eigenvalue weighted by atomic mass is 10.3. The first-order valence-corrected chi connectivity index (χ1v) is 4.58. The second-order valence-electron chi connectivity index (χ2n) is 3.38. The van der Waals surface area contributed by atoms with E-state index in [0.29, 0.717) is 17.5 Å². The highest BCUT2D eigenvalue weighted by molar-refractivity contribution is 5.71. The van der Waals surface area contributed by atoms with E-state index < -0.39 is 6.09 Å². The van der Waals surface area contributed by atoms with Crippen molar-refractivity contribution < 1.29 is 9.53 Å². The smallest absolute Gasteiger partial charge is 0.410 e. The predicted molar refractivity (Wildman–Crippen MR) is 53.0 cm³/mol. The molecule has 1 aromatic rings. The average Bonchev–Trinajstić information content (AvgIpc) is 2.93. The molecule has 0 bridgehead atoms. The number of hydrogen-bond acceptors (Lipinski definition) is 3. The fourth-order valence-corrected chi connectivity index (χ4v) is 1.07. The Morgan fingerprint density at radius 1 is 1.36 bits per heavy atom. The van der Waals surface area contributed by atoms with E-state index in [2.05, 4.69) is 5.32 Å². The molecular weight excluding hydrogens is 180 g/mol. The largest absolute Gasteiger partial charge is 0.412 e. The molecule has 1 aromatic carbocycles. The number of carbonyl (C=O) groups is 1. The molecule has 1 saturated carbocycles. The summed E-state index contributed by atoms with van der Waals surface area (Å²) >= 11 is 0. The van der Waals surface area contributed by atoms with Crippen molar-refractivity contribution >= 4 is 11.8 Å². The molecule has 0 aliphatic heterocycles. The van der Waals surface area contributed by atoms with Gasteiger partial charge in [-0.15, -0.1) is 0 Å². The first kappa shape index (κ1) is 8.87. The van der Waals surface area contributed by atoms with Crippen molar-refractivity contribution in [1.29, 1.82) is 0 Å². The summed E-state index contributed by atoms with van der Waals surface area (Å²) in [5.74, 6) is 0.511. The maximum absolute atomic E-state index is 11.2. The van der Waals surface area contributed by atoms with Crippen molar-refractivity contribution in [2.75, 3.05) is 5.73 Å². The monoisotopic (exact) mass is 192 g/mol. The van der Waals surface area contributed by atoms with Gasteiger partial charge in [-0.1, -0.05) is 0 Å². The third kappa shape index (κ3) is 2.39. The molecule has 0 heterocycles. The Labute approximate surface area is 82.1 Å². The number of nitrogens with one attached hydrogen (secondary N) is 1. The number of amides is 1. The van der Waals surface area contributed by atoms with Gasteiger partial charge in [0.2, 0.25) is 0 Å². The molecule has 1 fully saturated rings. The van der Waals surface area contributed by atoms with Crippen molar-refractivity contribution in [3.05, 3.63) is 24.3 Å². The maximum Gasteiger partial charge on any atom is 0.412 e. The molecule has 4 nitrogen and oxygen atoms in total. The maximum atomic E-state index is 11.2. The highest BCUT2D eigenvalue weighted by atomic mass is 16.6. The number of nitrogen functional groups attached to an aromatic ring is 1. The first-order valence-electron chi connectivity index (χ1n) is 4.58. The van der Waals surface area contributed by atoms with E-state index >= 15 is 0 Å². The summed E-state index contributed by atoms with van der Waals surface area (Å²) in [6.45, 7) is 0. The Balaban J connectivity index is 1.89. The topological polar surface area (TPSA) is 64.3 Å². The van der Waals surface area contributed by atoms with Gasteiger partial charge in [-0.2, -0.15) is 0 Å². The SMILES string of the molecule is Nc1ccc(OC(=O)NC2CC2)cc1. The van der Waals surface area contributed by atoms with Gasteiger partial charge in [0, 0.05) is 11.7 Å². The Hall–Kier alpha value is -1.71. The zero-order chi connectivity index (χ0) is 9.97. The van der Waals surface area contributed by atoms with Crippen molar-refractivity contribution in [2.45, 2.75) is 18.9 Å². The van der Waals surface area contributed by atoms with Crippen molar-refractivity contribution in [3.63, 3.8) is 0 Å². The van der Waals surface area contributed by atoms with Gasteiger partial charge in [0.15, 0.2) is 0 Å². The minimum absolute atomic E-state index is 0.316. The van der Waals surface area contributed by atoms with Gasteiger partial charge in [-0.3, -0.25) is 0 Å². The number of nitrogens with two attached hydrogens (primary N) is 1. The average molecular weight is 192 g/mol. The summed E-state index contributed by atoms with van der Waals surface area (Å²) in [5.41, 5.74) is 6.14. The van der Waals surface area contributed by atoms with Gasteiger partial charge in [-0.25, -0.2) is 4.79 Å². The van der Waals surface area contributed by atoms with E-state index in [1.54, 1.807) is 24.3 Å². The summed E-state index contributed by atoms with van der Waals surface area (Å²) in [6, 6.07) is 7.04. The number of rotatable bonds is 2. The zero-order valence-corrected chi connectivity index (χ0v) is 7.69. The molecule has 0 atom stereocenters. The molecule has 0 aromatic heterocycles. The Morgan fingerprint density at radius 2 is 2.00 bits per heavy atom. The van der Waals surface area contributed by atoms with Crippen molar-refractivity contribution in [1.82, 2.24) is 5.32 Å². The molecule has 1 aliphatic rings.